The molecule has 0 heterocycles. The summed E-state index contributed by atoms with van der Waals surface area (Å²) in [6.45, 7) is 0.373. The van der Waals surface area contributed by atoms with Crippen molar-refractivity contribution in [2.24, 2.45) is 5.10 Å². The molecule has 0 aromatic heterocycles. The number of nitrogens with zero attached hydrogens (tertiary/aromatic N) is 1. The maximum atomic E-state index is 11.6. The van der Waals surface area contributed by atoms with E-state index in [0.717, 1.165) is 5.56 Å². The summed E-state index contributed by atoms with van der Waals surface area (Å²) < 4.78 is 0. The molecule has 3 N–H and O–H groups in total. The Morgan fingerprint density at radius 2 is 1.70 bits per heavy atom. The van der Waals surface area contributed by atoms with Crippen molar-refractivity contribution >= 4 is 18.0 Å². The number of hydrazone groups is 1. The van der Waals surface area contributed by atoms with E-state index in [1.165, 1.54) is 18.3 Å². The Labute approximate surface area is 133 Å². The first-order valence-corrected chi connectivity index (χ1v) is 7.09. The number of rotatable bonds is 5. The van der Waals surface area contributed by atoms with E-state index in [1.54, 1.807) is 12.1 Å². The first-order chi connectivity index (χ1) is 11.1. The van der Waals surface area contributed by atoms with Crippen LogP contribution < -0.4 is 10.7 Å². The molecule has 2 rings (SSSR count). The summed E-state index contributed by atoms with van der Waals surface area (Å²) in [7, 11) is 0. The minimum atomic E-state index is -0.826. The smallest absolute Gasteiger partial charge is 0.329 e. The molecule has 0 fully saturated rings. The van der Waals surface area contributed by atoms with Crippen molar-refractivity contribution in [3.8, 4) is 5.75 Å². The third-order valence-electron chi connectivity index (χ3n) is 3.02. The van der Waals surface area contributed by atoms with Crippen LogP contribution in [0, 0.1) is 0 Å². The summed E-state index contributed by atoms with van der Waals surface area (Å²) in [5.41, 5.74) is 3.92. The largest absolute Gasteiger partial charge is 0.508 e. The Kier molecular flexibility index (Phi) is 5.88. The number of carbonyl (C=O) groups is 2. The summed E-state index contributed by atoms with van der Waals surface area (Å²) >= 11 is 0. The highest BCUT2D eigenvalue weighted by Crippen LogP contribution is 2.07. The van der Waals surface area contributed by atoms with Crippen molar-refractivity contribution in [1.29, 1.82) is 0 Å². The number of hydrogen-bond donors (Lipinski definition) is 3. The van der Waals surface area contributed by atoms with E-state index in [4.69, 9.17) is 5.11 Å². The van der Waals surface area contributed by atoms with Gasteiger partial charge >= 0.3 is 11.8 Å². The molecule has 0 aliphatic heterocycles. The summed E-state index contributed by atoms with van der Waals surface area (Å²) in [4.78, 5) is 23.1. The van der Waals surface area contributed by atoms with Gasteiger partial charge < -0.3 is 10.4 Å². The van der Waals surface area contributed by atoms with Crippen LogP contribution in [0.5, 0.6) is 5.75 Å². The molecular weight excluding hydrogens is 294 g/mol. The van der Waals surface area contributed by atoms with Gasteiger partial charge in [-0.3, -0.25) is 9.59 Å². The van der Waals surface area contributed by atoms with Crippen molar-refractivity contribution in [3.05, 3.63) is 65.7 Å². The highest BCUT2D eigenvalue weighted by atomic mass is 16.3. The minimum absolute atomic E-state index is 0.143. The van der Waals surface area contributed by atoms with Crippen LogP contribution >= 0.6 is 0 Å². The van der Waals surface area contributed by atoms with Crippen LogP contribution in [0.3, 0.4) is 0 Å². The molecule has 2 amide bonds. The van der Waals surface area contributed by atoms with Gasteiger partial charge in [0.05, 0.1) is 6.21 Å². The molecule has 6 heteroatoms. The van der Waals surface area contributed by atoms with E-state index in [-0.39, 0.29) is 5.75 Å². The molecule has 0 unspecified atom stereocenters. The summed E-state index contributed by atoms with van der Waals surface area (Å²) in [6, 6.07) is 15.9. The van der Waals surface area contributed by atoms with E-state index in [0.29, 0.717) is 18.5 Å². The van der Waals surface area contributed by atoms with Gasteiger partial charge in [-0.05, 0) is 41.8 Å². The second kappa shape index (κ2) is 8.33. The van der Waals surface area contributed by atoms with E-state index < -0.39 is 11.8 Å². The summed E-state index contributed by atoms with van der Waals surface area (Å²) in [6.07, 6.45) is 2.03. The van der Waals surface area contributed by atoms with Gasteiger partial charge in [-0.1, -0.05) is 30.3 Å². The molecule has 2 aromatic rings. The molecule has 0 atom stereocenters. The molecule has 0 bridgehead atoms. The average Bonchev–Trinajstić information content (AvgIpc) is 2.57. The Hall–Kier alpha value is -3.15. The molecule has 2 aromatic carbocycles. The topological polar surface area (TPSA) is 90.8 Å². The summed E-state index contributed by atoms with van der Waals surface area (Å²) in [5.74, 6) is -1.42. The molecule has 23 heavy (non-hydrogen) atoms. The van der Waals surface area contributed by atoms with Gasteiger partial charge in [0.2, 0.25) is 0 Å². The van der Waals surface area contributed by atoms with E-state index >= 15 is 0 Å². The fourth-order valence-electron chi connectivity index (χ4n) is 1.82. The molecule has 6 nitrogen and oxygen atoms in total. The Balaban J connectivity index is 1.72. The lowest BCUT2D eigenvalue weighted by Crippen LogP contribution is -2.38. The first kappa shape index (κ1) is 16.2. The highest BCUT2D eigenvalue weighted by Gasteiger charge is 2.11. The first-order valence-electron chi connectivity index (χ1n) is 7.09. The normalized spacial score (nSPS) is 10.4. The Morgan fingerprint density at radius 1 is 1.00 bits per heavy atom. The van der Waals surface area contributed by atoms with E-state index in [9.17, 15) is 9.59 Å². The molecule has 0 saturated carbocycles. The van der Waals surface area contributed by atoms with Gasteiger partial charge in [0.15, 0.2) is 0 Å². The van der Waals surface area contributed by atoms with Crippen molar-refractivity contribution in [2.45, 2.75) is 6.42 Å². The Morgan fingerprint density at radius 3 is 2.39 bits per heavy atom. The highest BCUT2D eigenvalue weighted by molar-refractivity contribution is 6.35. The molecule has 0 saturated heterocycles. The number of benzene rings is 2. The lowest BCUT2D eigenvalue weighted by Gasteiger charge is -2.04. The van der Waals surface area contributed by atoms with Gasteiger partial charge in [0.25, 0.3) is 0 Å². The average molecular weight is 311 g/mol. The quantitative estimate of drug-likeness (QED) is 0.440. The monoisotopic (exact) mass is 311 g/mol. The second-order valence-corrected chi connectivity index (χ2v) is 4.78. The molecular formula is C17H17N3O3. The lowest BCUT2D eigenvalue weighted by molar-refractivity contribution is -0.139. The van der Waals surface area contributed by atoms with Gasteiger partial charge in [0.1, 0.15) is 5.75 Å². The van der Waals surface area contributed by atoms with Crippen molar-refractivity contribution in [3.63, 3.8) is 0 Å². The van der Waals surface area contributed by atoms with Crippen molar-refractivity contribution < 1.29 is 14.7 Å². The summed E-state index contributed by atoms with van der Waals surface area (Å²) in [5, 5.41) is 15.4. The van der Waals surface area contributed by atoms with Gasteiger partial charge in [-0.15, -0.1) is 0 Å². The van der Waals surface area contributed by atoms with Crippen LogP contribution in [0.2, 0.25) is 0 Å². The second-order valence-electron chi connectivity index (χ2n) is 4.78. The number of hydrogen-bond acceptors (Lipinski definition) is 4. The molecule has 0 aliphatic carbocycles. The van der Waals surface area contributed by atoms with Crippen LogP contribution in [0.15, 0.2) is 59.7 Å². The number of aromatic hydroxyl groups is 1. The number of nitrogens with one attached hydrogen (secondary N) is 2. The third-order valence-corrected chi connectivity index (χ3v) is 3.02. The maximum absolute atomic E-state index is 11.6. The number of phenolic OH excluding ortho intramolecular Hbond substituents is 1. The SMILES string of the molecule is O=C(NCCc1ccccc1)C(=O)N/N=C\c1ccc(O)cc1. The van der Waals surface area contributed by atoms with Crippen LogP contribution in [-0.2, 0) is 16.0 Å². The van der Waals surface area contributed by atoms with Crippen LogP contribution in [-0.4, -0.2) is 29.7 Å². The minimum Gasteiger partial charge on any atom is -0.508 e. The molecule has 0 aliphatic rings. The van der Waals surface area contributed by atoms with E-state index in [1.807, 2.05) is 30.3 Å². The standard InChI is InChI=1S/C17H17N3O3/c21-15-8-6-14(7-9-15)12-19-20-17(23)16(22)18-11-10-13-4-2-1-3-5-13/h1-9,12,21H,10-11H2,(H,18,22)(H,20,23)/b19-12-. The fourth-order valence-corrected chi connectivity index (χ4v) is 1.82. The maximum Gasteiger partial charge on any atom is 0.329 e. The van der Waals surface area contributed by atoms with Crippen LogP contribution in [0.1, 0.15) is 11.1 Å². The third kappa shape index (κ3) is 5.62. The molecule has 0 radical (unpaired) electrons. The van der Waals surface area contributed by atoms with E-state index in [2.05, 4.69) is 15.8 Å². The van der Waals surface area contributed by atoms with Gasteiger partial charge in [0, 0.05) is 6.54 Å². The van der Waals surface area contributed by atoms with Crippen molar-refractivity contribution in [1.82, 2.24) is 10.7 Å². The zero-order valence-corrected chi connectivity index (χ0v) is 12.4. The molecule has 0 spiro atoms. The van der Waals surface area contributed by atoms with Gasteiger partial charge in [-0.2, -0.15) is 5.10 Å². The predicted octanol–water partition coefficient (Wildman–Crippen LogP) is 1.20. The number of phenols is 1. The number of amides is 2. The predicted molar refractivity (Wildman–Crippen MR) is 87.0 cm³/mol. The zero-order chi connectivity index (χ0) is 16.5. The molecule has 118 valence electrons. The zero-order valence-electron chi connectivity index (χ0n) is 12.4. The lowest BCUT2D eigenvalue weighted by atomic mass is 10.1. The van der Waals surface area contributed by atoms with Crippen LogP contribution in [0.4, 0.5) is 0 Å². The Bertz CT molecular complexity index is 682. The van der Waals surface area contributed by atoms with Gasteiger partial charge in [-0.25, -0.2) is 5.43 Å². The fraction of sp³-hybridized carbons (Fsp3) is 0.118. The van der Waals surface area contributed by atoms with Crippen LogP contribution in [0.25, 0.3) is 0 Å². The van der Waals surface area contributed by atoms with Crippen molar-refractivity contribution in [2.75, 3.05) is 6.54 Å². The number of carbonyl (C=O) groups excluding carboxylic acids is 2.